The topological polar surface area (TPSA) is 91.6 Å². The summed E-state index contributed by atoms with van der Waals surface area (Å²) < 4.78 is 8.06. The van der Waals surface area contributed by atoms with Crippen molar-refractivity contribution in [2.24, 2.45) is 0 Å². The fraction of sp³-hybridized carbons (Fsp3) is 0.417. The first-order valence-electron chi connectivity index (χ1n) is 11.2. The molecular weight excluding hydrogens is 488 g/mol. The normalized spacial score (nSPS) is 12.6. The first-order chi connectivity index (χ1) is 16.0. The quantitative estimate of drug-likeness (QED) is 0.395. The zero-order valence-corrected chi connectivity index (χ0v) is 20.4. The predicted octanol–water partition coefficient (Wildman–Crippen LogP) is 2.58. The Bertz CT molecular complexity index is 998. The van der Waals surface area contributed by atoms with Gasteiger partial charge in [0.1, 0.15) is 18.7 Å². The van der Waals surface area contributed by atoms with Gasteiger partial charge in [-0.2, -0.15) is 0 Å². The molecule has 0 radical (unpaired) electrons. The lowest BCUT2D eigenvalue weighted by molar-refractivity contribution is -0.697. The molecule has 1 aromatic heterocycles. The number of hydrogen-bond acceptors (Lipinski definition) is 4. The van der Waals surface area contributed by atoms with Gasteiger partial charge in [0.15, 0.2) is 12.4 Å². The molecule has 1 aliphatic rings. The maximum Gasteiger partial charge on any atom is 0.410 e. The summed E-state index contributed by atoms with van der Waals surface area (Å²) >= 11 is 3.42. The highest BCUT2D eigenvalue weighted by molar-refractivity contribution is 9.10. The number of benzene rings is 1. The third kappa shape index (κ3) is 7.56. The summed E-state index contributed by atoms with van der Waals surface area (Å²) in [4.78, 5) is 38.3. The molecule has 1 aromatic carbocycles. The number of aryl methyl sites for hydroxylation is 1. The predicted molar refractivity (Wildman–Crippen MR) is 126 cm³/mol. The number of pyridine rings is 1. The van der Waals surface area contributed by atoms with Crippen LogP contribution in [-0.4, -0.2) is 49.0 Å². The third-order valence-corrected chi connectivity index (χ3v) is 5.74. The van der Waals surface area contributed by atoms with Crippen molar-refractivity contribution in [3.05, 3.63) is 63.9 Å². The van der Waals surface area contributed by atoms with Crippen molar-refractivity contribution in [1.82, 2.24) is 15.5 Å². The maximum atomic E-state index is 12.4. The Balaban J connectivity index is 1.31. The molecule has 9 heteroatoms. The number of rotatable bonds is 9. The maximum absolute atomic E-state index is 12.4. The molecule has 0 saturated carbocycles. The minimum atomic E-state index is -0.375. The van der Waals surface area contributed by atoms with Gasteiger partial charge in [-0.15, -0.1) is 0 Å². The van der Waals surface area contributed by atoms with Gasteiger partial charge in [0.25, 0.3) is 5.91 Å². The Morgan fingerprint density at radius 3 is 2.70 bits per heavy atom. The molecule has 2 heterocycles. The van der Waals surface area contributed by atoms with Gasteiger partial charge in [-0.3, -0.25) is 9.59 Å². The second-order valence-electron chi connectivity index (χ2n) is 7.89. The molecule has 3 rings (SSSR count). The van der Waals surface area contributed by atoms with Crippen LogP contribution in [0.5, 0.6) is 0 Å². The van der Waals surface area contributed by atoms with Crippen molar-refractivity contribution in [2.75, 3.05) is 26.2 Å². The molecule has 0 spiro atoms. The van der Waals surface area contributed by atoms with Crippen LogP contribution in [0.1, 0.15) is 41.3 Å². The molecule has 3 amide bonds. The molecule has 33 heavy (non-hydrogen) atoms. The molecule has 0 unspecified atom stereocenters. The van der Waals surface area contributed by atoms with Gasteiger partial charge in [0, 0.05) is 32.5 Å². The average molecular weight is 518 g/mol. The van der Waals surface area contributed by atoms with E-state index >= 15 is 0 Å². The van der Waals surface area contributed by atoms with E-state index in [-0.39, 0.29) is 44.0 Å². The van der Waals surface area contributed by atoms with Gasteiger partial charge in [0.05, 0.1) is 11.0 Å². The number of aromatic nitrogens is 1. The molecule has 0 bridgehead atoms. The number of amides is 3. The van der Waals surface area contributed by atoms with E-state index in [2.05, 4.69) is 39.6 Å². The van der Waals surface area contributed by atoms with Gasteiger partial charge in [-0.1, -0.05) is 31.2 Å². The highest BCUT2D eigenvalue weighted by atomic mass is 79.9. The molecule has 0 aliphatic carbocycles. The lowest BCUT2D eigenvalue weighted by Gasteiger charge is -2.28. The highest BCUT2D eigenvalue weighted by Crippen LogP contribution is 2.18. The SMILES string of the molecule is CCC[n+]1cc(Br)cc(C(=O)NCCC(=O)NCCOC(=O)N2CCc3ccccc3C2)c1. The summed E-state index contributed by atoms with van der Waals surface area (Å²) in [5.74, 6) is -0.445. The minimum absolute atomic E-state index is 0.102. The number of nitrogens with zero attached hydrogens (tertiary/aromatic N) is 2. The molecule has 1 aliphatic heterocycles. The number of halogens is 1. The van der Waals surface area contributed by atoms with Crippen molar-refractivity contribution in [2.45, 2.75) is 39.3 Å². The van der Waals surface area contributed by atoms with E-state index in [0.717, 1.165) is 29.4 Å². The standard InChI is InChI=1S/C24H29BrN4O4/c1-2-11-28-15-20(14-21(25)17-28)23(31)27-9-7-22(30)26-10-13-33-24(32)29-12-8-18-5-3-4-6-19(18)16-29/h3-6,14-15,17H,2,7-13,16H2,1H3,(H-,26,27,30,31)/p+1. The van der Waals surface area contributed by atoms with Crippen LogP contribution >= 0.6 is 15.9 Å². The summed E-state index contributed by atoms with van der Waals surface area (Å²) in [7, 11) is 0. The summed E-state index contributed by atoms with van der Waals surface area (Å²) in [5.41, 5.74) is 2.94. The van der Waals surface area contributed by atoms with E-state index in [0.29, 0.717) is 18.7 Å². The number of ether oxygens (including phenoxy) is 1. The van der Waals surface area contributed by atoms with E-state index in [1.807, 2.05) is 29.0 Å². The van der Waals surface area contributed by atoms with Crippen molar-refractivity contribution in [3.8, 4) is 0 Å². The Morgan fingerprint density at radius 1 is 1.12 bits per heavy atom. The first kappa shape index (κ1) is 24.7. The van der Waals surface area contributed by atoms with Crippen LogP contribution in [0.15, 0.2) is 47.2 Å². The lowest BCUT2D eigenvalue weighted by Crippen LogP contribution is -2.38. The molecule has 176 valence electrons. The van der Waals surface area contributed by atoms with Crippen molar-refractivity contribution in [3.63, 3.8) is 0 Å². The van der Waals surface area contributed by atoms with Gasteiger partial charge >= 0.3 is 6.09 Å². The smallest absolute Gasteiger partial charge is 0.410 e. The summed E-state index contributed by atoms with van der Waals surface area (Å²) in [6.07, 6.45) is 5.26. The van der Waals surface area contributed by atoms with Crippen LogP contribution in [0.3, 0.4) is 0 Å². The molecule has 2 aromatic rings. The summed E-state index contributed by atoms with van der Waals surface area (Å²) in [5, 5.41) is 5.47. The fourth-order valence-electron chi connectivity index (χ4n) is 3.66. The van der Waals surface area contributed by atoms with E-state index < -0.39 is 0 Å². The molecule has 0 saturated heterocycles. The van der Waals surface area contributed by atoms with Crippen LogP contribution < -0.4 is 15.2 Å². The van der Waals surface area contributed by atoms with Crippen molar-refractivity contribution in [1.29, 1.82) is 0 Å². The van der Waals surface area contributed by atoms with Crippen LogP contribution in [0.25, 0.3) is 0 Å². The minimum Gasteiger partial charge on any atom is -0.448 e. The van der Waals surface area contributed by atoms with Crippen molar-refractivity contribution < 1.29 is 23.7 Å². The van der Waals surface area contributed by atoms with Crippen LogP contribution in [0.2, 0.25) is 0 Å². The second-order valence-corrected chi connectivity index (χ2v) is 8.81. The number of carbonyl (C=O) groups excluding carboxylic acids is 3. The van der Waals surface area contributed by atoms with Crippen LogP contribution in [0, 0.1) is 0 Å². The summed E-state index contributed by atoms with van der Waals surface area (Å²) in [6.45, 7) is 4.60. The molecule has 8 nitrogen and oxygen atoms in total. The van der Waals surface area contributed by atoms with Crippen LogP contribution in [0.4, 0.5) is 4.79 Å². The first-order valence-corrected chi connectivity index (χ1v) is 12.0. The largest absolute Gasteiger partial charge is 0.448 e. The zero-order valence-electron chi connectivity index (χ0n) is 18.8. The fourth-order valence-corrected chi connectivity index (χ4v) is 4.17. The monoisotopic (exact) mass is 517 g/mol. The second kappa shape index (κ2) is 12.3. The average Bonchev–Trinajstić information content (AvgIpc) is 2.81. The Labute approximate surface area is 202 Å². The lowest BCUT2D eigenvalue weighted by atomic mass is 10.0. The molecule has 2 N–H and O–H groups in total. The number of fused-ring (bicyclic) bond motifs is 1. The van der Waals surface area contributed by atoms with E-state index in [1.165, 1.54) is 5.56 Å². The van der Waals surface area contributed by atoms with Gasteiger partial charge in [-0.25, -0.2) is 9.36 Å². The van der Waals surface area contributed by atoms with Crippen LogP contribution in [-0.2, 0) is 29.0 Å². The number of carbonyl (C=O) groups is 3. The van der Waals surface area contributed by atoms with Gasteiger partial charge in [-0.05, 0) is 39.5 Å². The van der Waals surface area contributed by atoms with Gasteiger partial charge in [0.2, 0.25) is 5.91 Å². The number of hydrogen-bond donors (Lipinski definition) is 2. The third-order valence-electron chi connectivity index (χ3n) is 5.31. The van der Waals surface area contributed by atoms with Gasteiger partial charge < -0.3 is 20.3 Å². The Kier molecular flexibility index (Phi) is 9.24. The zero-order chi connectivity index (χ0) is 23.6. The Morgan fingerprint density at radius 2 is 1.91 bits per heavy atom. The van der Waals surface area contributed by atoms with E-state index in [1.54, 1.807) is 17.2 Å². The van der Waals surface area contributed by atoms with E-state index in [4.69, 9.17) is 4.74 Å². The molecule has 0 atom stereocenters. The Hall–Kier alpha value is -2.94. The highest BCUT2D eigenvalue weighted by Gasteiger charge is 2.21. The van der Waals surface area contributed by atoms with E-state index in [9.17, 15) is 14.4 Å². The molecular formula is C24H30BrN4O4+. The summed E-state index contributed by atoms with van der Waals surface area (Å²) in [6, 6.07) is 9.82. The molecule has 0 fully saturated rings. The number of nitrogens with one attached hydrogen (secondary N) is 2. The van der Waals surface area contributed by atoms with Crippen molar-refractivity contribution >= 4 is 33.8 Å².